The van der Waals surface area contributed by atoms with Gasteiger partial charge in [0.2, 0.25) is 5.91 Å². The molecule has 0 radical (unpaired) electrons. The second-order valence-electron chi connectivity index (χ2n) is 9.06. The van der Waals surface area contributed by atoms with E-state index in [1.807, 2.05) is 12.3 Å². The Balaban J connectivity index is 1.31. The average molecular weight is 406 g/mol. The van der Waals surface area contributed by atoms with E-state index in [4.69, 9.17) is 0 Å². The van der Waals surface area contributed by atoms with Gasteiger partial charge in [0.05, 0.1) is 6.42 Å². The van der Waals surface area contributed by atoms with E-state index in [0.29, 0.717) is 12.3 Å². The Morgan fingerprint density at radius 1 is 0.967 bits per heavy atom. The van der Waals surface area contributed by atoms with Gasteiger partial charge in [0.25, 0.3) is 0 Å². The van der Waals surface area contributed by atoms with Crippen LogP contribution in [0.2, 0.25) is 0 Å². The summed E-state index contributed by atoms with van der Waals surface area (Å²) in [6.07, 6.45) is 12.6. The highest BCUT2D eigenvalue weighted by molar-refractivity contribution is 5.78. The van der Waals surface area contributed by atoms with Gasteiger partial charge in [-0.15, -0.1) is 0 Å². The second kappa shape index (κ2) is 10.1. The van der Waals surface area contributed by atoms with E-state index in [1.165, 1.54) is 62.6 Å². The maximum absolute atomic E-state index is 12.5. The minimum absolute atomic E-state index is 0.0826. The van der Waals surface area contributed by atoms with Crippen LogP contribution in [-0.2, 0) is 11.2 Å². The van der Waals surface area contributed by atoms with E-state index in [2.05, 4.69) is 52.5 Å². The van der Waals surface area contributed by atoms with Crippen molar-refractivity contribution in [3.8, 4) is 11.1 Å². The lowest BCUT2D eigenvalue weighted by Crippen LogP contribution is -2.39. The molecule has 30 heavy (non-hydrogen) atoms. The number of hydrogen-bond acceptors (Lipinski definition) is 3. The van der Waals surface area contributed by atoms with Crippen molar-refractivity contribution in [3.63, 3.8) is 0 Å². The standard InChI is InChI=1S/C26H35N3O/c1-20(21-8-4-2-5-9-21)28-26(30)18-24-13-10-23(19-27-24)22-11-14-25(15-12-22)29-16-6-3-7-17-29/h10-15,19-21H,2-9,16-18H2,1H3,(H,28,30)/t20-/m1/s1. The Morgan fingerprint density at radius 2 is 1.63 bits per heavy atom. The van der Waals surface area contributed by atoms with Crippen LogP contribution in [0.1, 0.15) is 64.0 Å². The summed E-state index contributed by atoms with van der Waals surface area (Å²) in [5.41, 5.74) is 4.41. The third-order valence-corrected chi connectivity index (χ3v) is 6.83. The molecule has 2 aliphatic rings. The fourth-order valence-corrected chi connectivity index (χ4v) is 4.94. The maximum atomic E-state index is 12.5. The van der Waals surface area contributed by atoms with E-state index >= 15 is 0 Å². The molecule has 1 saturated carbocycles. The van der Waals surface area contributed by atoms with E-state index < -0.39 is 0 Å². The number of hydrogen-bond donors (Lipinski definition) is 1. The number of benzene rings is 1. The lowest BCUT2D eigenvalue weighted by atomic mass is 9.84. The number of carbonyl (C=O) groups is 1. The molecular weight excluding hydrogens is 370 g/mol. The Hall–Kier alpha value is -2.36. The zero-order valence-electron chi connectivity index (χ0n) is 18.3. The molecule has 1 aliphatic heterocycles. The number of nitrogens with zero attached hydrogens (tertiary/aromatic N) is 2. The number of nitrogens with one attached hydrogen (secondary N) is 1. The quantitative estimate of drug-likeness (QED) is 0.703. The summed E-state index contributed by atoms with van der Waals surface area (Å²) < 4.78 is 0. The van der Waals surface area contributed by atoms with Crippen LogP contribution in [0.15, 0.2) is 42.6 Å². The van der Waals surface area contributed by atoms with Crippen LogP contribution in [0.5, 0.6) is 0 Å². The van der Waals surface area contributed by atoms with Gasteiger partial charge in [0.1, 0.15) is 0 Å². The fourth-order valence-electron chi connectivity index (χ4n) is 4.94. The van der Waals surface area contributed by atoms with E-state index in [0.717, 1.165) is 24.3 Å². The number of carbonyl (C=O) groups excluding carboxylic acids is 1. The molecule has 4 rings (SSSR count). The first-order valence-corrected chi connectivity index (χ1v) is 11.8. The van der Waals surface area contributed by atoms with Crippen molar-refractivity contribution in [3.05, 3.63) is 48.3 Å². The summed E-state index contributed by atoms with van der Waals surface area (Å²) >= 11 is 0. The summed E-state index contributed by atoms with van der Waals surface area (Å²) in [5, 5.41) is 3.20. The molecule has 1 aromatic heterocycles. The SMILES string of the molecule is C[C@@H](NC(=O)Cc1ccc(-c2ccc(N3CCCCC3)cc2)cn1)C1CCCCC1. The molecule has 2 heterocycles. The Labute approximate surface area is 181 Å². The lowest BCUT2D eigenvalue weighted by Gasteiger charge is -2.28. The normalized spacial score (nSPS) is 18.8. The molecule has 160 valence electrons. The summed E-state index contributed by atoms with van der Waals surface area (Å²) in [6.45, 7) is 4.48. The average Bonchev–Trinajstić information content (AvgIpc) is 2.81. The van der Waals surface area contributed by atoms with Crippen molar-refractivity contribution in [2.75, 3.05) is 18.0 Å². The molecule has 4 heteroatoms. The zero-order valence-corrected chi connectivity index (χ0v) is 18.3. The largest absolute Gasteiger partial charge is 0.372 e. The van der Waals surface area contributed by atoms with Crippen molar-refractivity contribution in [2.24, 2.45) is 5.92 Å². The fraction of sp³-hybridized carbons (Fsp3) is 0.538. The van der Waals surface area contributed by atoms with E-state index in [-0.39, 0.29) is 11.9 Å². The van der Waals surface area contributed by atoms with E-state index in [1.54, 1.807) is 0 Å². The molecule has 2 fully saturated rings. The third kappa shape index (κ3) is 5.41. The summed E-state index contributed by atoms with van der Waals surface area (Å²) in [5.74, 6) is 0.713. The highest BCUT2D eigenvalue weighted by Gasteiger charge is 2.21. The Morgan fingerprint density at radius 3 is 2.30 bits per heavy atom. The second-order valence-corrected chi connectivity index (χ2v) is 9.06. The van der Waals surface area contributed by atoms with Gasteiger partial charge >= 0.3 is 0 Å². The highest BCUT2D eigenvalue weighted by atomic mass is 16.1. The van der Waals surface area contributed by atoms with Crippen molar-refractivity contribution >= 4 is 11.6 Å². The number of piperidine rings is 1. The molecule has 2 aromatic rings. The molecule has 1 aliphatic carbocycles. The van der Waals surface area contributed by atoms with Gasteiger partial charge in [-0.05, 0) is 68.7 Å². The summed E-state index contributed by atoms with van der Waals surface area (Å²) in [4.78, 5) is 19.5. The van der Waals surface area contributed by atoms with Crippen LogP contribution in [0.4, 0.5) is 5.69 Å². The molecule has 1 atom stereocenters. The van der Waals surface area contributed by atoms with Crippen molar-refractivity contribution in [1.29, 1.82) is 0 Å². The monoisotopic (exact) mass is 405 g/mol. The molecule has 1 N–H and O–H groups in total. The molecule has 1 saturated heterocycles. The summed E-state index contributed by atoms with van der Waals surface area (Å²) in [7, 11) is 0. The van der Waals surface area contributed by atoms with Crippen LogP contribution < -0.4 is 10.2 Å². The van der Waals surface area contributed by atoms with Crippen molar-refractivity contribution < 1.29 is 4.79 Å². The molecule has 1 aromatic carbocycles. The molecule has 1 amide bonds. The van der Waals surface area contributed by atoms with Gasteiger partial charge in [-0.2, -0.15) is 0 Å². The predicted octanol–water partition coefficient (Wildman–Crippen LogP) is 5.37. The molecule has 0 unspecified atom stereocenters. The van der Waals surface area contributed by atoms with Gasteiger partial charge < -0.3 is 10.2 Å². The predicted molar refractivity (Wildman–Crippen MR) is 124 cm³/mol. The van der Waals surface area contributed by atoms with Crippen LogP contribution >= 0.6 is 0 Å². The van der Waals surface area contributed by atoms with Gasteiger partial charge in [-0.25, -0.2) is 0 Å². The molecule has 0 spiro atoms. The minimum Gasteiger partial charge on any atom is -0.372 e. The first-order chi connectivity index (χ1) is 14.7. The van der Waals surface area contributed by atoms with Crippen molar-refractivity contribution in [1.82, 2.24) is 10.3 Å². The smallest absolute Gasteiger partial charge is 0.226 e. The lowest BCUT2D eigenvalue weighted by molar-refractivity contribution is -0.121. The zero-order chi connectivity index (χ0) is 20.8. The van der Waals surface area contributed by atoms with Crippen LogP contribution in [0.3, 0.4) is 0 Å². The molecule has 0 bridgehead atoms. The number of rotatable bonds is 6. The van der Waals surface area contributed by atoms with Gasteiger partial charge in [0.15, 0.2) is 0 Å². The number of aromatic nitrogens is 1. The Bertz CT molecular complexity index is 803. The summed E-state index contributed by atoms with van der Waals surface area (Å²) in [6, 6.07) is 13.1. The topological polar surface area (TPSA) is 45.2 Å². The third-order valence-electron chi connectivity index (χ3n) is 6.83. The van der Waals surface area contributed by atoms with Crippen LogP contribution in [-0.4, -0.2) is 30.0 Å². The van der Waals surface area contributed by atoms with Gasteiger partial charge in [-0.1, -0.05) is 37.5 Å². The molecular formula is C26H35N3O. The van der Waals surface area contributed by atoms with Gasteiger partial charge in [-0.3, -0.25) is 9.78 Å². The Kier molecular flexibility index (Phi) is 7.03. The number of anilines is 1. The van der Waals surface area contributed by atoms with E-state index in [9.17, 15) is 4.79 Å². The highest BCUT2D eigenvalue weighted by Crippen LogP contribution is 2.27. The number of pyridine rings is 1. The number of amides is 1. The molecule has 4 nitrogen and oxygen atoms in total. The first-order valence-electron chi connectivity index (χ1n) is 11.8. The van der Waals surface area contributed by atoms with Crippen molar-refractivity contribution in [2.45, 2.75) is 70.8 Å². The maximum Gasteiger partial charge on any atom is 0.226 e. The first kappa shape index (κ1) is 20.9. The minimum atomic E-state index is 0.0826. The van der Waals surface area contributed by atoms with Gasteiger partial charge in [0, 0.05) is 42.3 Å². The van der Waals surface area contributed by atoms with Crippen LogP contribution in [0, 0.1) is 5.92 Å². The van der Waals surface area contributed by atoms with Crippen LogP contribution in [0.25, 0.3) is 11.1 Å².